The molecular weight excluding hydrogens is 362 g/mol. The van der Waals surface area contributed by atoms with Crippen molar-refractivity contribution in [3.05, 3.63) is 77.2 Å². The lowest BCUT2D eigenvalue weighted by Crippen LogP contribution is -2.04. The molecule has 0 bridgehead atoms. The second-order valence-electron chi connectivity index (χ2n) is 6.04. The van der Waals surface area contributed by atoms with Gasteiger partial charge in [-0.2, -0.15) is 0 Å². The Bertz CT molecular complexity index is 956. The summed E-state index contributed by atoms with van der Waals surface area (Å²) in [7, 11) is 0. The van der Waals surface area contributed by atoms with Gasteiger partial charge in [-0.25, -0.2) is 15.0 Å². The van der Waals surface area contributed by atoms with Crippen molar-refractivity contribution in [3.63, 3.8) is 0 Å². The fourth-order valence-electron chi connectivity index (χ4n) is 2.90. The minimum Gasteiger partial charge on any atom is -0.478 e. The van der Waals surface area contributed by atoms with Crippen LogP contribution >= 0.6 is 11.6 Å². The molecule has 0 saturated heterocycles. The van der Waals surface area contributed by atoms with E-state index in [2.05, 4.69) is 39.2 Å². The molecule has 5 nitrogen and oxygen atoms in total. The van der Waals surface area contributed by atoms with Gasteiger partial charge in [0, 0.05) is 24.0 Å². The summed E-state index contributed by atoms with van der Waals surface area (Å²) in [6.45, 7) is 3.03. The highest BCUT2D eigenvalue weighted by Crippen LogP contribution is 2.29. The second kappa shape index (κ2) is 7.76. The number of benzene rings is 1. The Labute approximate surface area is 162 Å². The highest BCUT2D eigenvalue weighted by Gasteiger charge is 2.24. The number of pyridine rings is 2. The van der Waals surface area contributed by atoms with E-state index in [9.17, 15) is 0 Å². The van der Waals surface area contributed by atoms with Gasteiger partial charge < -0.3 is 9.47 Å². The van der Waals surface area contributed by atoms with E-state index >= 15 is 0 Å². The van der Waals surface area contributed by atoms with Crippen LogP contribution in [0.3, 0.4) is 0 Å². The standard InChI is InChI=1S/C21H18ClN3O2/c1-2-26-19-10-9-16(12-24-19)14-5-7-15(8-6-14)18-13-27-21(25-18)20-17(22)4-3-11-23-20/h3-12,18H,2,13H2,1H3. The summed E-state index contributed by atoms with van der Waals surface area (Å²) in [6, 6.07) is 15.6. The van der Waals surface area contributed by atoms with Crippen molar-refractivity contribution >= 4 is 17.5 Å². The first kappa shape index (κ1) is 17.5. The van der Waals surface area contributed by atoms with Gasteiger partial charge in [-0.15, -0.1) is 0 Å². The van der Waals surface area contributed by atoms with Crippen LogP contribution in [0.2, 0.25) is 5.02 Å². The number of halogens is 1. The van der Waals surface area contributed by atoms with E-state index in [1.165, 1.54) is 0 Å². The van der Waals surface area contributed by atoms with Gasteiger partial charge in [-0.3, -0.25) is 0 Å². The second-order valence-corrected chi connectivity index (χ2v) is 6.44. The Balaban J connectivity index is 1.52. The van der Waals surface area contributed by atoms with Crippen molar-refractivity contribution in [3.8, 4) is 17.0 Å². The summed E-state index contributed by atoms with van der Waals surface area (Å²) < 4.78 is 11.1. The molecule has 1 unspecified atom stereocenters. The van der Waals surface area contributed by atoms with Crippen molar-refractivity contribution in [2.75, 3.05) is 13.2 Å². The zero-order valence-corrected chi connectivity index (χ0v) is 15.6. The van der Waals surface area contributed by atoms with Crippen molar-refractivity contribution in [2.45, 2.75) is 13.0 Å². The number of ether oxygens (including phenoxy) is 2. The molecule has 3 aromatic rings. The van der Waals surface area contributed by atoms with Crippen LogP contribution in [-0.2, 0) is 4.74 Å². The maximum Gasteiger partial charge on any atom is 0.237 e. The number of hydrogen-bond donors (Lipinski definition) is 0. The zero-order chi connectivity index (χ0) is 18.6. The molecule has 0 spiro atoms. The van der Waals surface area contributed by atoms with Crippen LogP contribution in [0, 0.1) is 0 Å². The smallest absolute Gasteiger partial charge is 0.237 e. The van der Waals surface area contributed by atoms with Crippen molar-refractivity contribution < 1.29 is 9.47 Å². The van der Waals surface area contributed by atoms with Gasteiger partial charge in [0.2, 0.25) is 11.8 Å². The molecule has 0 fully saturated rings. The molecule has 1 aliphatic heterocycles. The lowest BCUT2D eigenvalue weighted by Gasteiger charge is -2.08. The monoisotopic (exact) mass is 379 g/mol. The third kappa shape index (κ3) is 3.78. The minimum atomic E-state index is -0.0643. The van der Waals surface area contributed by atoms with E-state index in [0.717, 1.165) is 16.7 Å². The van der Waals surface area contributed by atoms with Gasteiger partial charge in [-0.05, 0) is 36.2 Å². The first-order valence-corrected chi connectivity index (χ1v) is 9.13. The molecule has 27 heavy (non-hydrogen) atoms. The number of aromatic nitrogens is 2. The summed E-state index contributed by atoms with van der Waals surface area (Å²) in [5.74, 6) is 1.13. The van der Waals surface area contributed by atoms with Crippen molar-refractivity contribution in [1.29, 1.82) is 0 Å². The van der Waals surface area contributed by atoms with E-state index in [1.54, 1.807) is 18.3 Å². The number of hydrogen-bond acceptors (Lipinski definition) is 5. The molecular formula is C21H18ClN3O2. The molecule has 0 N–H and O–H groups in total. The predicted molar refractivity (Wildman–Crippen MR) is 105 cm³/mol. The Hall–Kier alpha value is -2.92. The molecule has 4 rings (SSSR count). The van der Waals surface area contributed by atoms with E-state index < -0.39 is 0 Å². The molecule has 0 saturated carbocycles. The average Bonchev–Trinajstić information content (AvgIpc) is 3.19. The van der Waals surface area contributed by atoms with Gasteiger partial charge in [0.25, 0.3) is 0 Å². The Kier molecular flexibility index (Phi) is 5.03. The maximum absolute atomic E-state index is 6.18. The minimum absolute atomic E-state index is 0.0643. The van der Waals surface area contributed by atoms with E-state index in [-0.39, 0.29) is 6.04 Å². The molecule has 3 heterocycles. The highest BCUT2D eigenvalue weighted by molar-refractivity contribution is 6.33. The lowest BCUT2D eigenvalue weighted by atomic mass is 10.0. The largest absolute Gasteiger partial charge is 0.478 e. The van der Waals surface area contributed by atoms with Crippen LogP contribution in [0.5, 0.6) is 5.88 Å². The number of nitrogens with zero attached hydrogens (tertiary/aromatic N) is 3. The van der Waals surface area contributed by atoms with Gasteiger partial charge in [0.15, 0.2) is 0 Å². The van der Waals surface area contributed by atoms with Crippen LogP contribution in [-0.4, -0.2) is 29.1 Å². The van der Waals surface area contributed by atoms with Crippen LogP contribution in [0.4, 0.5) is 0 Å². The SMILES string of the molecule is CCOc1ccc(-c2ccc(C3COC(c4ncccc4Cl)=N3)cc2)cn1. The predicted octanol–water partition coefficient (Wildman–Crippen LogP) is 4.71. The normalized spacial score (nSPS) is 15.9. The molecule has 0 aliphatic carbocycles. The summed E-state index contributed by atoms with van der Waals surface area (Å²) in [4.78, 5) is 13.2. The fourth-order valence-corrected chi connectivity index (χ4v) is 3.10. The molecule has 1 atom stereocenters. The van der Waals surface area contributed by atoms with Gasteiger partial charge in [0.05, 0.1) is 11.6 Å². The van der Waals surface area contributed by atoms with E-state index in [4.69, 9.17) is 21.1 Å². The summed E-state index contributed by atoms with van der Waals surface area (Å²) in [5, 5.41) is 0.537. The van der Waals surface area contributed by atoms with Crippen LogP contribution in [0.25, 0.3) is 11.1 Å². The van der Waals surface area contributed by atoms with E-state index in [1.807, 2.05) is 25.3 Å². The molecule has 136 valence electrons. The number of aliphatic imine (C=N–C) groups is 1. The van der Waals surface area contributed by atoms with E-state index in [0.29, 0.717) is 35.7 Å². The third-order valence-electron chi connectivity index (χ3n) is 4.27. The average molecular weight is 380 g/mol. The van der Waals surface area contributed by atoms with Gasteiger partial charge in [-0.1, -0.05) is 35.9 Å². The molecule has 2 aromatic heterocycles. The van der Waals surface area contributed by atoms with Crippen LogP contribution < -0.4 is 4.74 Å². The highest BCUT2D eigenvalue weighted by atomic mass is 35.5. The molecule has 1 aromatic carbocycles. The summed E-state index contributed by atoms with van der Waals surface area (Å²) in [6.07, 6.45) is 3.50. The lowest BCUT2D eigenvalue weighted by molar-refractivity contribution is 0.319. The molecule has 1 aliphatic rings. The quantitative estimate of drug-likeness (QED) is 0.644. The Morgan fingerprint density at radius 1 is 1.07 bits per heavy atom. The maximum atomic E-state index is 6.18. The van der Waals surface area contributed by atoms with Crippen LogP contribution in [0.15, 0.2) is 65.9 Å². The molecule has 0 radical (unpaired) electrons. The van der Waals surface area contributed by atoms with Crippen molar-refractivity contribution in [2.24, 2.45) is 4.99 Å². The fraction of sp³-hybridized carbons (Fsp3) is 0.190. The summed E-state index contributed by atoms with van der Waals surface area (Å²) >= 11 is 6.18. The first-order valence-electron chi connectivity index (χ1n) is 8.75. The van der Waals surface area contributed by atoms with Crippen molar-refractivity contribution in [1.82, 2.24) is 9.97 Å². The topological polar surface area (TPSA) is 56.6 Å². The Morgan fingerprint density at radius 3 is 2.59 bits per heavy atom. The third-order valence-corrected chi connectivity index (χ3v) is 4.57. The van der Waals surface area contributed by atoms with Crippen LogP contribution in [0.1, 0.15) is 24.2 Å². The summed E-state index contributed by atoms with van der Waals surface area (Å²) in [5.41, 5.74) is 3.79. The first-order chi connectivity index (χ1) is 13.2. The Morgan fingerprint density at radius 2 is 1.89 bits per heavy atom. The zero-order valence-electron chi connectivity index (χ0n) is 14.8. The molecule has 0 amide bonds. The molecule has 6 heteroatoms. The van der Waals surface area contributed by atoms with Gasteiger partial charge >= 0.3 is 0 Å². The number of rotatable bonds is 5. The van der Waals surface area contributed by atoms with Gasteiger partial charge in [0.1, 0.15) is 18.3 Å².